The summed E-state index contributed by atoms with van der Waals surface area (Å²) in [4.78, 5) is 0. The van der Waals surface area contributed by atoms with Crippen LogP contribution >= 0.6 is 0 Å². The molecule has 1 nitrogen and oxygen atoms in total. The van der Waals surface area contributed by atoms with Crippen LogP contribution in [0.1, 0.15) is 42.9 Å². The van der Waals surface area contributed by atoms with E-state index >= 15 is 4.39 Å². The minimum absolute atomic E-state index is 0.108. The van der Waals surface area contributed by atoms with Crippen LogP contribution in [0, 0.1) is 40.8 Å². The van der Waals surface area contributed by atoms with Crippen molar-refractivity contribution in [3.8, 4) is 39.1 Å². The van der Waals surface area contributed by atoms with E-state index in [-0.39, 0.29) is 23.3 Å². The molecule has 0 radical (unpaired) electrons. The third kappa shape index (κ3) is 6.62. The number of alkyl halides is 2. The second kappa shape index (κ2) is 12.9. The maximum Gasteiger partial charge on any atom is 0.432 e. The van der Waals surface area contributed by atoms with E-state index in [2.05, 4.69) is 29.9 Å². The molecule has 0 heterocycles. The number of rotatable bonds is 9. The molecular formula is C38H28F8O. The molecule has 0 aliphatic heterocycles. The molecule has 242 valence electrons. The summed E-state index contributed by atoms with van der Waals surface area (Å²) in [5.74, 6) is -10.6. The van der Waals surface area contributed by atoms with Gasteiger partial charge in [-0.2, -0.15) is 8.78 Å². The first-order valence-electron chi connectivity index (χ1n) is 15.2. The van der Waals surface area contributed by atoms with Gasteiger partial charge in [0.25, 0.3) is 0 Å². The molecule has 1 atom stereocenters. The van der Waals surface area contributed by atoms with Crippen molar-refractivity contribution < 1.29 is 39.9 Å². The van der Waals surface area contributed by atoms with E-state index in [0.29, 0.717) is 29.2 Å². The van der Waals surface area contributed by atoms with Gasteiger partial charge in [-0.3, -0.25) is 0 Å². The van der Waals surface area contributed by atoms with Gasteiger partial charge in [0.1, 0.15) is 28.8 Å². The largest absolute Gasteiger partial charge is 0.432 e. The molecule has 0 aromatic heterocycles. The first-order chi connectivity index (χ1) is 22.4. The third-order valence-electron chi connectivity index (χ3n) is 8.56. The molecule has 9 heteroatoms. The van der Waals surface area contributed by atoms with Crippen molar-refractivity contribution in [2.24, 2.45) is 5.92 Å². The topological polar surface area (TPSA) is 9.23 Å². The molecule has 1 aliphatic carbocycles. The minimum Gasteiger partial charge on any atom is -0.429 e. The van der Waals surface area contributed by atoms with Crippen LogP contribution < -0.4 is 4.74 Å². The molecule has 5 aromatic carbocycles. The average Bonchev–Trinajstić information content (AvgIpc) is 3.44. The second-order valence-corrected chi connectivity index (χ2v) is 11.8. The molecule has 1 aliphatic rings. The van der Waals surface area contributed by atoms with Gasteiger partial charge in [-0.05, 0) is 82.3 Å². The summed E-state index contributed by atoms with van der Waals surface area (Å²) >= 11 is 0. The smallest absolute Gasteiger partial charge is 0.429 e. The van der Waals surface area contributed by atoms with Gasteiger partial charge in [0, 0.05) is 17.7 Å². The fraction of sp³-hybridized carbons (Fsp3) is 0.211. The summed E-state index contributed by atoms with van der Waals surface area (Å²) in [5.41, 5.74) is 3.56. The summed E-state index contributed by atoms with van der Waals surface area (Å²) in [6.07, 6.45) is 1.10. The zero-order valence-electron chi connectivity index (χ0n) is 25.1. The molecular weight excluding hydrogens is 624 g/mol. The first-order valence-corrected chi connectivity index (χ1v) is 15.2. The second-order valence-electron chi connectivity index (χ2n) is 11.8. The predicted octanol–water partition coefficient (Wildman–Crippen LogP) is 11.6. The van der Waals surface area contributed by atoms with Crippen LogP contribution in [-0.2, 0) is 19.0 Å². The van der Waals surface area contributed by atoms with Crippen molar-refractivity contribution in [2.45, 2.75) is 45.1 Å². The molecule has 0 spiro atoms. The van der Waals surface area contributed by atoms with E-state index < -0.39 is 52.3 Å². The SMILES string of the molecule is CCCCC1Cc2ccc(-c3ccc(-c4ccc(-c5cc(F)c(C(F)(F)Oc6cc(F)c(F)c(F)c6)c(F)c5)c(F)c4)cc3)cc2C1. The van der Waals surface area contributed by atoms with Gasteiger partial charge in [0.05, 0.1) is 0 Å². The molecule has 0 amide bonds. The zero-order valence-corrected chi connectivity index (χ0v) is 25.1. The predicted molar refractivity (Wildman–Crippen MR) is 164 cm³/mol. The van der Waals surface area contributed by atoms with Gasteiger partial charge >= 0.3 is 6.11 Å². The van der Waals surface area contributed by atoms with E-state index in [1.807, 2.05) is 24.3 Å². The van der Waals surface area contributed by atoms with Crippen LogP contribution in [0.4, 0.5) is 35.1 Å². The number of unbranched alkanes of at least 4 members (excludes halogenated alkanes) is 1. The van der Waals surface area contributed by atoms with E-state index in [4.69, 9.17) is 0 Å². The average molecular weight is 653 g/mol. The zero-order chi connectivity index (χ0) is 33.5. The molecule has 1 unspecified atom stereocenters. The quantitative estimate of drug-likeness (QED) is 0.114. The van der Waals surface area contributed by atoms with Crippen molar-refractivity contribution in [2.75, 3.05) is 0 Å². The highest BCUT2D eigenvalue weighted by molar-refractivity contribution is 5.74. The van der Waals surface area contributed by atoms with Crippen LogP contribution in [0.15, 0.2) is 84.9 Å². The molecule has 0 N–H and O–H groups in total. The third-order valence-corrected chi connectivity index (χ3v) is 8.56. The Labute approximate surface area is 266 Å². The lowest BCUT2D eigenvalue weighted by molar-refractivity contribution is -0.189. The van der Waals surface area contributed by atoms with Crippen LogP contribution in [0.5, 0.6) is 5.75 Å². The fourth-order valence-electron chi connectivity index (χ4n) is 6.17. The number of hydrogen-bond acceptors (Lipinski definition) is 1. The van der Waals surface area contributed by atoms with Crippen LogP contribution in [0.25, 0.3) is 33.4 Å². The number of fused-ring (bicyclic) bond motifs is 1. The van der Waals surface area contributed by atoms with Gasteiger partial charge in [-0.25, -0.2) is 26.3 Å². The summed E-state index contributed by atoms with van der Waals surface area (Å²) in [5, 5.41) is 0. The Morgan fingerprint density at radius 2 is 1.13 bits per heavy atom. The van der Waals surface area contributed by atoms with Crippen molar-refractivity contribution in [3.63, 3.8) is 0 Å². The first kappa shape index (κ1) is 32.3. The van der Waals surface area contributed by atoms with Crippen molar-refractivity contribution in [1.29, 1.82) is 0 Å². The molecule has 0 saturated heterocycles. The highest BCUT2D eigenvalue weighted by Crippen LogP contribution is 2.39. The lowest BCUT2D eigenvalue weighted by atomic mass is 9.96. The standard InChI is InChI=1S/C38H28F8O/c1-2-3-4-21-13-24-9-10-25(15-27(24)14-21)22-5-7-23(8-6-22)26-11-12-30(31(39)16-26)28-17-32(40)36(33(41)18-28)38(45,46)47-29-19-34(42)37(44)35(43)20-29/h5-12,15-21H,2-4,13-14H2,1H3. The van der Waals surface area contributed by atoms with Crippen LogP contribution in [0.3, 0.4) is 0 Å². The van der Waals surface area contributed by atoms with E-state index in [1.165, 1.54) is 42.5 Å². The number of benzene rings is 5. The molecule has 0 fully saturated rings. The van der Waals surface area contributed by atoms with Crippen molar-refractivity contribution >= 4 is 0 Å². The van der Waals surface area contributed by atoms with Crippen LogP contribution in [0.2, 0.25) is 0 Å². The Morgan fingerprint density at radius 1 is 0.596 bits per heavy atom. The molecule has 0 saturated carbocycles. The maximum absolute atomic E-state index is 15.3. The summed E-state index contributed by atoms with van der Waals surface area (Å²) in [6.45, 7) is 2.20. The monoisotopic (exact) mass is 652 g/mol. The Morgan fingerprint density at radius 3 is 1.72 bits per heavy atom. The summed E-state index contributed by atoms with van der Waals surface area (Å²) < 4.78 is 119. The Balaban J connectivity index is 1.20. The lowest BCUT2D eigenvalue weighted by Gasteiger charge is -2.20. The normalized spacial score (nSPS) is 14.4. The van der Waals surface area contributed by atoms with E-state index in [0.717, 1.165) is 24.0 Å². The molecule has 0 bridgehead atoms. The Hall–Kier alpha value is -4.66. The van der Waals surface area contributed by atoms with Gasteiger partial charge in [0.15, 0.2) is 17.5 Å². The number of ether oxygens (including phenoxy) is 1. The Bertz CT molecular complexity index is 1900. The minimum atomic E-state index is -4.76. The highest BCUT2D eigenvalue weighted by Gasteiger charge is 2.41. The summed E-state index contributed by atoms with van der Waals surface area (Å²) in [7, 11) is 0. The molecule has 47 heavy (non-hydrogen) atoms. The number of halogens is 8. The van der Waals surface area contributed by atoms with E-state index in [1.54, 1.807) is 6.07 Å². The van der Waals surface area contributed by atoms with Gasteiger partial charge in [-0.15, -0.1) is 0 Å². The van der Waals surface area contributed by atoms with Gasteiger partial charge < -0.3 is 4.74 Å². The van der Waals surface area contributed by atoms with Crippen molar-refractivity contribution in [3.05, 3.63) is 137 Å². The maximum atomic E-state index is 15.3. The van der Waals surface area contributed by atoms with E-state index in [9.17, 15) is 30.7 Å². The molecule has 6 rings (SSSR count). The highest BCUT2D eigenvalue weighted by atomic mass is 19.3. The Kier molecular flexibility index (Phi) is 8.83. The van der Waals surface area contributed by atoms with Gasteiger partial charge in [0.2, 0.25) is 0 Å². The number of hydrogen-bond donors (Lipinski definition) is 0. The fourth-order valence-corrected chi connectivity index (χ4v) is 6.17. The van der Waals surface area contributed by atoms with Crippen molar-refractivity contribution in [1.82, 2.24) is 0 Å². The lowest BCUT2D eigenvalue weighted by Crippen LogP contribution is -2.25. The summed E-state index contributed by atoms with van der Waals surface area (Å²) in [6, 6.07) is 19.3. The van der Waals surface area contributed by atoms with Crippen LogP contribution in [-0.4, -0.2) is 0 Å². The van der Waals surface area contributed by atoms with Gasteiger partial charge in [-0.1, -0.05) is 74.4 Å². The molecule has 5 aromatic rings.